The van der Waals surface area contributed by atoms with E-state index in [1.807, 2.05) is 0 Å². The molecule has 2 N–H and O–H groups in total. The van der Waals surface area contributed by atoms with Crippen LogP contribution in [-0.4, -0.2) is 26.8 Å². The quantitative estimate of drug-likeness (QED) is 0.826. The SMILES string of the molecule is O=C(Cn1cc(NC(=O)C2CCC2)nn1)NCc1ccco1. The highest BCUT2D eigenvalue weighted by Crippen LogP contribution is 2.27. The number of nitrogens with zero attached hydrogens (tertiary/aromatic N) is 3. The fraction of sp³-hybridized carbons (Fsp3) is 0.429. The molecule has 2 aromatic rings. The van der Waals surface area contributed by atoms with Gasteiger partial charge in [0.25, 0.3) is 0 Å². The molecule has 116 valence electrons. The Hall–Kier alpha value is -2.64. The maximum Gasteiger partial charge on any atom is 0.242 e. The van der Waals surface area contributed by atoms with Crippen LogP contribution in [0.2, 0.25) is 0 Å². The minimum atomic E-state index is -0.210. The first-order chi connectivity index (χ1) is 10.7. The van der Waals surface area contributed by atoms with E-state index in [1.165, 1.54) is 4.68 Å². The molecule has 0 unspecified atom stereocenters. The summed E-state index contributed by atoms with van der Waals surface area (Å²) in [6.45, 7) is 0.360. The number of furan rings is 1. The number of aromatic nitrogens is 3. The van der Waals surface area contributed by atoms with Crippen molar-refractivity contribution in [3.8, 4) is 0 Å². The average Bonchev–Trinajstić information content (AvgIpc) is 3.06. The summed E-state index contributed by atoms with van der Waals surface area (Å²) in [5.74, 6) is 0.900. The molecule has 1 saturated carbocycles. The highest BCUT2D eigenvalue weighted by Gasteiger charge is 2.25. The minimum Gasteiger partial charge on any atom is -0.467 e. The van der Waals surface area contributed by atoms with E-state index in [0.717, 1.165) is 19.3 Å². The second-order valence-corrected chi connectivity index (χ2v) is 5.27. The monoisotopic (exact) mass is 303 g/mol. The van der Waals surface area contributed by atoms with Gasteiger partial charge in [-0.15, -0.1) is 5.10 Å². The molecule has 1 aliphatic carbocycles. The van der Waals surface area contributed by atoms with Crippen molar-refractivity contribution in [3.05, 3.63) is 30.4 Å². The van der Waals surface area contributed by atoms with E-state index in [0.29, 0.717) is 18.1 Å². The van der Waals surface area contributed by atoms with Crippen LogP contribution in [-0.2, 0) is 22.7 Å². The molecule has 2 heterocycles. The van der Waals surface area contributed by atoms with E-state index >= 15 is 0 Å². The number of hydrogen-bond acceptors (Lipinski definition) is 5. The molecule has 0 aliphatic heterocycles. The molecular weight excluding hydrogens is 286 g/mol. The predicted octanol–water partition coefficient (Wildman–Crippen LogP) is 0.926. The van der Waals surface area contributed by atoms with Crippen LogP contribution >= 0.6 is 0 Å². The Morgan fingerprint density at radius 3 is 2.95 bits per heavy atom. The topological polar surface area (TPSA) is 102 Å². The molecule has 2 aromatic heterocycles. The Labute approximate surface area is 126 Å². The lowest BCUT2D eigenvalue weighted by atomic mass is 9.85. The molecule has 0 radical (unpaired) electrons. The summed E-state index contributed by atoms with van der Waals surface area (Å²) in [5.41, 5.74) is 0. The van der Waals surface area contributed by atoms with Gasteiger partial charge in [-0.2, -0.15) is 0 Å². The fourth-order valence-electron chi connectivity index (χ4n) is 2.13. The Morgan fingerprint density at radius 2 is 2.27 bits per heavy atom. The van der Waals surface area contributed by atoms with Crippen LogP contribution in [0, 0.1) is 5.92 Å². The molecule has 3 rings (SSSR count). The third kappa shape index (κ3) is 3.51. The van der Waals surface area contributed by atoms with Crippen LogP contribution < -0.4 is 10.6 Å². The second kappa shape index (κ2) is 6.42. The largest absolute Gasteiger partial charge is 0.467 e. The van der Waals surface area contributed by atoms with Gasteiger partial charge in [0.05, 0.1) is 19.0 Å². The summed E-state index contributed by atoms with van der Waals surface area (Å²) in [6, 6.07) is 3.54. The van der Waals surface area contributed by atoms with E-state index in [4.69, 9.17) is 4.42 Å². The highest BCUT2D eigenvalue weighted by atomic mass is 16.3. The molecule has 1 fully saturated rings. The molecule has 8 heteroatoms. The van der Waals surface area contributed by atoms with Gasteiger partial charge in [0.2, 0.25) is 11.8 Å². The second-order valence-electron chi connectivity index (χ2n) is 5.27. The van der Waals surface area contributed by atoms with Gasteiger partial charge in [-0.25, -0.2) is 4.68 Å². The predicted molar refractivity (Wildman–Crippen MR) is 76.5 cm³/mol. The zero-order valence-electron chi connectivity index (χ0n) is 12.0. The van der Waals surface area contributed by atoms with Gasteiger partial charge in [0, 0.05) is 5.92 Å². The normalized spacial score (nSPS) is 14.4. The summed E-state index contributed by atoms with van der Waals surface area (Å²) in [7, 11) is 0. The van der Waals surface area contributed by atoms with Gasteiger partial charge in [-0.05, 0) is 25.0 Å². The molecule has 0 aromatic carbocycles. The Bertz CT molecular complexity index is 645. The molecule has 0 bridgehead atoms. The Kier molecular flexibility index (Phi) is 4.17. The van der Waals surface area contributed by atoms with Crippen molar-refractivity contribution in [2.75, 3.05) is 5.32 Å². The van der Waals surface area contributed by atoms with Crippen molar-refractivity contribution in [1.82, 2.24) is 20.3 Å². The van der Waals surface area contributed by atoms with E-state index in [1.54, 1.807) is 24.6 Å². The molecule has 22 heavy (non-hydrogen) atoms. The highest BCUT2D eigenvalue weighted by molar-refractivity contribution is 5.92. The Morgan fingerprint density at radius 1 is 1.41 bits per heavy atom. The first-order valence-corrected chi connectivity index (χ1v) is 7.21. The van der Waals surface area contributed by atoms with Gasteiger partial charge in [-0.1, -0.05) is 11.6 Å². The number of hydrogen-bond donors (Lipinski definition) is 2. The van der Waals surface area contributed by atoms with Gasteiger partial charge >= 0.3 is 0 Å². The van der Waals surface area contributed by atoms with Gasteiger partial charge in [0.1, 0.15) is 12.3 Å². The van der Waals surface area contributed by atoms with Crippen LogP contribution in [0.25, 0.3) is 0 Å². The van der Waals surface area contributed by atoms with Gasteiger partial charge in [0.15, 0.2) is 5.82 Å². The van der Waals surface area contributed by atoms with Gasteiger partial charge < -0.3 is 15.1 Å². The molecule has 0 spiro atoms. The van der Waals surface area contributed by atoms with Crippen molar-refractivity contribution in [3.63, 3.8) is 0 Å². The maximum atomic E-state index is 11.8. The van der Waals surface area contributed by atoms with E-state index in [2.05, 4.69) is 20.9 Å². The Balaban J connectivity index is 1.46. The van der Waals surface area contributed by atoms with Crippen molar-refractivity contribution >= 4 is 17.6 Å². The number of amides is 2. The van der Waals surface area contributed by atoms with Crippen LogP contribution in [0.3, 0.4) is 0 Å². The first kappa shape index (κ1) is 14.3. The third-order valence-electron chi connectivity index (χ3n) is 3.61. The van der Waals surface area contributed by atoms with Crippen LogP contribution in [0.15, 0.2) is 29.0 Å². The van der Waals surface area contributed by atoms with Crippen LogP contribution in [0.4, 0.5) is 5.82 Å². The first-order valence-electron chi connectivity index (χ1n) is 7.21. The van der Waals surface area contributed by atoms with Crippen molar-refractivity contribution in [1.29, 1.82) is 0 Å². The van der Waals surface area contributed by atoms with E-state index in [9.17, 15) is 9.59 Å². The standard InChI is InChI=1S/C14H17N5O3/c20-13(15-7-11-5-2-6-22-11)9-19-8-12(17-18-19)16-14(21)10-3-1-4-10/h2,5-6,8,10H,1,3-4,7,9H2,(H,15,20)(H,16,21). The zero-order chi connectivity index (χ0) is 15.4. The van der Waals surface area contributed by atoms with E-state index < -0.39 is 0 Å². The zero-order valence-corrected chi connectivity index (χ0v) is 12.0. The van der Waals surface area contributed by atoms with Crippen molar-refractivity contribution in [2.24, 2.45) is 5.92 Å². The van der Waals surface area contributed by atoms with Crippen molar-refractivity contribution in [2.45, 2.75) is 32.4 Å². The number of carbonyl (C=O) groups is 2. The third-order valence-corrected chi connectivity index (χ3v) is 3.61. The van der Waals surface area contributed by atoms with Crippen molar-refractivity contribution < 1.29 is 14.0 Å². The van der Waals surface area contributed by atoms with E-state index in [-0.39, 0.29) is 24.3 Å². The van der Waals surface area contributed by atoms with Crippen LogP contribution in [0.5, 0.6) is 0 Å². The molecular formula is C14H17N5O3. The lowest BCUT2D eigenvalue weighted by molar-refractivity contribution is -0.122. The maximum absolute atomic E-state index is 11.8. The lowest BCUT2D eigenvalue weighted by Crippen LogP contribution is -2.28. The summed E-state index contributed by atoms with van der Waals surface area (Å²) < 4.78 is 6.51. The summed E-state index contributed by atoms with van der Waals surface area (Å²) in [6.07, 6.45) is 6.05. The molecule has 0 atom stereocenters. The molecule has 0 saturated heterocycles. The van der Waals surface area contributed by atoms with Gasteiger partial charge in [-0.3, -0.25) is 9.59 Å². The minimum absolute atomic E-state index is 0.0272. The smallest absolute Gasteiger partial charge is 0.242 e. The average molecular weight is 303 g/mol. The number of anilines is 1. The van der Waals surface area contributed by atoms with Crippen LogP contribution in [0.1, 0.15) is 25.0 Å². The molecule has 1 aliphatic rings. The summed E-state index contributed by atoms with van der Waals surface area (Å²) in [4.78, 5) is 23.6. The number of rotatable bonds is 6. The molecule has 2 amide bonds. The lowest BCUT2D eigenvalue weighted by Gasteiger charge is -2.23. The summed E-state index contributed by atoms with van der Waals surface area (Å²) in [5, 5.41) is 13.1. The fourth-order valence-corrected chi connectivity index (χ4v) is 2.13. The number of carbonyl (C=O) groups excluding carboxylic acids is 2. The number of nitrogens with one attached hydrogen (secondary N) is 2. The summed E-state index contributed by atoms with van der Waals surface area (Å²) >= 11 is 0. The molecule has 8 nitrogen and oxygen atoms in total.